The van der Waals surface area contributed by atoms with Crippen molar-refractivity contribution in [1.82, 2.24) is 0 Å². The highest BCUT2D eigenvalue weighted by molar-refractivity contribution is 9.10. The van der Waals surface area contributed by atoms with Gasteiger partial charge in [0.1, 0.15) is 0 Å². The molecule has 82 valence electrons. The van der Waals surface area contributed by atoms with E-state index in [-0.39, 0.29) is 5.91 Å². The Balaban J connectivity index is 2.57. The molecule has 0 radical (unpaired) electrons. The number of carbonyl (C=O) groups excluding carboxylic acids is 1. The Kier molecular flexibility index (Phi) is 5.19. The standard InChI is InChI=1S/C11H14BrNOS/c1-8-3-4-9(7-10(8)12)13-11(14)5-6-15-2/h3-4,7H,5-6H2,1-2H3,(H,13,14). The molecule has 4 heteroatoms. The van der Waals surface area contributed by atoms with Gasteiger partial charge in [0, 0.05) is 22.3 Å². The van der Waals surface area contributed by atoms with Crippen LogP contribution < -0.4 is 5.32 Å². The maximum absolute atomic E-state index is 11.4. The summed E-state index contributed by atoms with van der Waals surface area (Å²) in [5, 5.41) is 2.86. The van der Waals surface area contributed by atoms with Crippen LogP contribution in [0.25, 0.3) is 0 Å². The lowest BCUT2D eigenvalue weighted by Gasteiger charge is -2.06. The fourth-order valence-corrected chi connectivity index (χ4v) is 1.86. The Morgan fingerprint density at radius 3 is 2.87 bits per heavy atom. The first-order valence-corrected chi connectivity index (χ1v) is 6.87. The monoisotopic (exact) mass is 287 g/mol. The van der Waals surface area contributed by atoms with E-state index in [1.165, 1.54) is 0 Å². The van der Waals surface area contributed by atoms with Gasteiger partial charge in [0.2, 0.25) is 5.91 Å². The van der Waals surface area contributed by atoms with Crippen LogP contribution in [0.4, 0.5) is 5.69 Å². The molecule has 0 aliphatic carbocycles. The van der Waals surface area contributed by atoms with Crippen molar-refractivity contribution in [2.45, 2.75) is 13.3 Å². The normalized spacial score (nSPS) is 10.1. The van der Waals surface area contributed by atoms with Crippen LogP contribution in [0, 0.1) is 6.92 Å². The van der Waals surface area contributed by atoms with Crippen LogP contribution in [0.15, 0.2) is 22.7 Å². The number of amides is 1. The van der Waals surface area contributed by atoms with Crippen molar-refractivity contribution in [1.29, 1.82) is 0 Å². The van der Waals surface area contributed by atoms with E-state index in [0.717, 1.165) is 21.5 Å². The van der Waals surface area contributed by atoms with Crippen LogP contribution in [0.5, 0.6) is 0 Å². The summed E-state index contributed by atoms with van der Waals surface area (Å²) in [6, 6.07) is 5.82. The van der Waals surface area contributed by atoms with E-state index in [2.05, 4.69) is 21.2 Å². The number of aryl methyl sites for hydroxylation is 1. The van der Waals surface area contributed by atoms with Crippen molar-refractivity contribution in [3.8, 4) is 0 Å². The molecule has 1 N–H and O–H groups in total. The summed E-state index contributed by atoms with van der Waals surface area (Å²) in [5.41, 5.74) is 2.01. The Bertz CT molecular complexity index is 354. The van der Waals surface area contributed by atoms with Crippen LogP contribution in [-0.2, 0) is 4.79 Å². The van der Waals surface area contributed by atoms with E-state index in [0.29, 0.717) is 6.42 Å². The largest absolute Gasteiger partial charge is 0.326 e. The molecule has 1 aromatic carbocycles. The van der Waals surface area contributed by atoms with Gasteiger partial charge >= 0.3 is 0 Å². The number of halogens is 1. The van der Waals surface area contributed by atoms with Gasteiger partial charge in [0.15, 0.2) is 0 Å². The zero-order valence-corrected chi connectivity index (χ0v) is 11.2. The maximum Gasteiger partial charge on any atom is 0.225 e. The minimum atomic E-state index is 0.0695. The fraction of sp³-hybridized carbons (Fsp3) is 0.364. The molecular formula is C11H14BrNOS. The molecule has 0 spiro atoms. The Morgan fingerprint density at radius 2 is 2.27 bits per heavy atom. The summed E-state index contributed by atoms with van der Waals surface area (Å²) in [5.74, 6) is 0.930. The highest BCUT2D eigenvalue weighted by Crippen LogP contribution is 2.20. The van der Waals surface area contributed by atoms with Crippen molar-refractivity contribution in [2.75, 3.05) is 17.3 Å². The van der Waals surface area contributed by atoms with Crippen molar-refractivity contribution in [3.05, 3.63) is 28.2 Å². The van der Waals surface area contributed by atoms with Gasteiger partial charge in [-0.05, 0) is 30.9 Å². The second kappa shape index (κ2) is 6.18. The van der Waals surface area contributed by atoms with Crippen molar-refractivity contribution < 1.29 is 4.79 Å². The average molecular weight is 288 g/mol. The predicted octanol–water partition coefficient (Wildman–Crippen LogP) is 3.45. The van der Waals surface area contributed by atoms with Crippen LogP contribution in [0.3, 0.4) is 0 Å². The summed E-state index contributed by atoms with van der Waals surface area (Å²) < 4.78 is 1.02. The van der Waals surface area contributed by atoms with Gasteiger partial charge < -0.3 is 5.32 Å². The third-order valence-corrected chi connectivity index (χ3v) is 3.46. The quantitative estimate of drug-likeness (QED) is 0.919. The highest BCUT2D eigenvalue weighted by Gasteiger charge is 2.02. The number of hydrogen-bond acceptors (Lipinski definition) is 2. The molecule has 0 aliphatic rings. The average Bonchev–Trinajstić information content (AvgIpc) is 2.20. The molecule has 0 heterocycles. The zero-order valence-electron chi connectivity index (χ0n) is 8.84. The van der Waals surface area contributed by atoms with E-state index in [1.807, 2.05) is 31.4 Å². The van der Waals surface area contributed by atoms with E-state index in [1.54, 1.807) is 11.8 Å². The van der Waals surface area contributed by atoms with E-state index < -0.39 is 0 Å². The van der Waals surface area contributed by atoms with Gasteiger partial charge in [-0.15, -0.1) is 0 Å². The second-order valence-electron chi connectivity index (χ2n) is 3.25. The van der Waals surface area contributed by atoms with Crippen molar-refractivity contribution in [3.63, 3.8) is 0 Å². The Hall–Kier alpha value is -0.480. The lowest BCUT2D eigenvalue weighted by Crippen LogP contribution is -2.12. The number of anilines is 1. The first-order valence-electron chi connectivity index (χ1n) is 4.68. The van der Waals surface area contributed by atoms with E-state index >= 15 is 0 Å². The molecule has 0 saturated heterocycles. The van der Waals surface area contributed by atoms with Gasteiger partial charge in [-0.2, -0.15) is 11.8 Å². The van der Waals surface area contributed by atoms with Crippen LogP contribution >= 0.6 is 27.7 Å². The van der Waals surface area contributed by atoms with Gasteiger partial charge in [-0.1, -0.05) is 22.0 Å². The summed E-state index contributed by atoms with van der Waals surface area (Å²) in [7, 11) is 0. The first kappa shape index (κ1) is 12.6. The molecule has 2 nitrogen and oxygen atoms in total. The maximum atomic E-state index is 11.4. The predicted molar refractivity (Wildman–Crippen MR) is 70.5 cm³/mol. The smallest absolute Gasteiger partial charge is 0.225 e. The number of nitrogens with one attached hydrogen (secondary N) is 1. The minimum absolute atomic E-state index is 0.0695. The minimum Gasteiger partial charge on any atom is -0.326 e. The number of thioether (sulfide) groups is 1. The first-order chi connectivity index (χ1) is 7.13. The van der Waals surface area contributed by atoms with E-state index in [4.69, 9.17) is 0 Å². The molecule has 0 bridgehead atoms. The highest BCUT2D eigenvalue weighted by atomic mass is 79.9. The number of rotatable bonds is 4. The van der Waals surface area contributed by atoms with Crippen LogP contribution in [-0.4, -0.2) is 17.9 Å². The molecular weight excluding hydrogens is 274 g/mol. The zero-order chi connectivity index (χ0) is 11.3. The summed E-state index contributed by atoms with van der Waals surface area (Å²) in [4.78, 5) is 11.4. The number of benzene rings is 1. The topological polar surface area (TPSA) is 29.1 Å². The van der Waals surface area contributed by atoms with Crippen LogP contribution in [0.1, 0.15) is 12.0 Å². The SMILES string of the molecule is CSCCC(=O)Nc1ccc(C)c(Br)c1. The third-order valence-electron chi connectivity index (χ3n) is 1.99. The molecule has 15 heavy (non-hydrogen) atoms. The molecule has 0 aliphatic heterocycles. The molecule has 1 rings (SSSR count). The third kappa shape index (κ3) is 4.26. The van der Waals surface area contributed by atoms with E-state index in [9.17, 15) is 4.79 Å². The Labute approximate surface area is 103 Å². The number of carbonyl (C=O) groups is 1. The summed E-state index contributed by atoms with van der Waals surface area (Å²) >= 11 is 5.11. The molecule has 0 aromatic heterocycles. The Morgan fingerprint density at radius 1 is 1.53 bits per heavy atom. The van der Waals surface area contributed by atoms with Gasteiger partial charge in [-0.25, -0.2) is 0 Å². The molecule has 0 saturated carbocycles. The molecule has 0 fully saturated rings. The fourth-order valence-electron chi connectivity index (χ4n) is 1.09. The van der Waals surface area contributed by atoms with Crippen LogP contribution in [0.2, 0.25) is 0 Å². The van der Waals surface area contributed by atoms with Crippen molar-refractivity contribution in [2.24, 2.45) is 0 Å². The molecule has 0 unspecified atom stereocenters. The summed E-state index contributed by atoms with van der Waals surface area (Å²) in [6.45, 7) is 2.02. The van der Waals surface area contributed by atoms with Gasteiger partial charge in [0.05, 0.1) is 0 Å². The van der Waals surface area contributed by atoms with Crippen molar-refractivity contribution >= 4 is 39.3 Å². The number of hydrogen-bond donors (Lipinski definition) is 1. The van der Waals surface area contributed by atoms with Gasteiger partial charge in [0.25, 0.3) is 0 Å². The molecule has 1 amide bonds. The van der Waals surface area contributed by atoms with Gasteiger partial charge in [-0.3, -0.25) is 4.79 Å². The summed E-state index contributed by atoms with van der Waals surface area (Å²) in [6.07, 6.45) is 2.56. The lowest BCUT2D eigenvalue weighted by molar-refractivity contribution is -0.115. The lowest BCUT2D eigenvalue weighted by atomic mass is 10.2. The molecule has 1 aromatic rings. The molecule has 0 atom stereocenters. The second-order valence-corrected chi connectivity index (χ2v) is 5.09.